The van der Waals surface area contributed by atoms with Gasteiger partial charge in [0.05, 0.1) is 12.4 Å². The molecule has 2 aromatic heterocycles. The number of rotatable bonds is 6. The van der Waals surface area contributed by atoms with E-state index in [0.717, 1.165) is 12.8 Å². The Labute approximate surface area is 184 Å². The standard InChI is InChI=1S/C20H28F2N6O4/c1-12-11-28(19(29)32-20(2,3)4)7-5-6-13(12)30-17-10-23-9-15(25-17)24-14-8-16(27-26-14)31-18(21)22/h8-10,12-13,18H,5-7,11H2,1-4H3,(H2,24,25,26,27)/t12-,13-/m1/s1. The van der Waals surface area contributed by atoms with E-state index in [9.17, 15) is 13.6 Å². The predicted molar refractivity (Wildman–Crippen MR) is 111 cm³/mol. The van der Waals surface area contributed by atoms with Crippen LogP contribution in [-0.2, 0) is 4.74 Å². The molecule has 1 saturated heterocycles. The number of carbonyl (C=O) groups is 1. The minimum absolute atomic E-state index is 0.0452. The number of alkyl halides is 2. The Bertz CT molecular complexity index is 904. The number of likely N-dealkylation sites (tertiary alicyclic amines) is 1. The van der Waals surface area contributed by atoms with E-state index in [4.69, 9.17) is 9.47 Å². The van der Waals surface area contributed by atoms with E-state index >= 15 is 0 Å². The van der Waals surface area contributed by atoms with E-state index in [-0.39, 0.29) is 29.8 Å². The molecule has 2 atom stereocenters. The molecule has 0 aliphatic carbocycles. The molecule has 2 N–H and O–H groups in total. The monoisotopic (exact) mass is 454 g/mol. The molecular weight excluding hydrogens is 426 g/mol. The fourth-order valence-electron chi connectivity index (χ4n) is 3.27. The van der Waals surface area contributed by atoms with Crippen LogP contribution in [0.25, 0.3) is 0 Å². The van der Waals surface area contributed by atoms with Gasteiger partial charge in [-0.05, 0) is 33.6 Å². The van der Waals surface area contributed by atoms with Crippen molar-refractivity contribution in [2.24, 2.45) is 5.92 Å². The molecule has 3 rings (SSSR count). The lowest BCUT2D eigenvalue weighted by Gasteiger charge is -2.28. The molecule has 0 unspecified atom stereocenters. The molecular formula is C20H28F2N6O4. The highest BCUT2D eigenvalue weighted by atomic mass is 19.3. The summed E-state index contributed by atoms with van der Waals surface area (Å²) >= 11 is 0. The summed E-state index contributed by atoms with van der Waals surface area (Å²) in [6.07, 6.45) is 3.96. The van der Waals surface area contributed by atoms with Crippen LogP contribution in [0.2, 0.25) is 0 Å². The fourth-order valence-corrected chi connectivity index (χ4v) is 3.27. The molecule has 0 spiro atoms. The minimum Gasteiger partial charge on any atom is -0.473 e. The molecule has 10 nitrogen and oxygen atoms in total. The number of carbonyl (C=O) groups excluding carboxylic acids is 1. The van der Waals surface area contributed by atoms with Crippen molar-refractivity contribution < 1.29 is 27.8 Å². The van der Waals surface area contributed by atoms with E-state index in [1.165, 1.54) is 18.5 Å². The van der Waals surface area contributed by atoms with E-state index in [2.05, 4.69) is 30.2 Å². The van der Waals surface area contributed by atoms with E-state index in [1.807, 2.05) is 27.7 Å². The molecule has 1 aliphatic rings. The molecule has 2 aromatic rings. The highest BCUT2D eigenvalue weighted by Crippen LogP contribution is 2.24. The second-order valence-corrected chi connectivity index (χ2v) is 8.57. The first-order valence-electron chi connectivity index (χ1n) is 10.3. The smallest absolute Gasteiger partial charge is 0.410 e. The summed E-state index contributed by atoms with van der Waals surface area (Å²) in [7, 11) is 0. The number of halogens is 2. The lowest BCUT2D eigenvalue weighted by molar-refractivity contribution is -0.0528. The van der Waals surface area contributed by atoms with Crippen LogP contribution in [-0.4, -0.2) is 62.6 Å². The number of hydrogen-bond acceptors (Lipinski definition) is 8. The van der Waals surface area contributed by atoms with Crippen LogP contribution >= 0.6 is 0 Å². The van der Waals surface area contributed by atoms with Gasteiger partial charge in [0, 0.05) is 25.1 Å². The number of nitrogens with zero attached hydrogens (tertiary/aromatic N) is 4. The van der Waals surface area contributed by atoms with Gasteiger partial charge in [-0.25, -0.2) is 9.89 Å². The zero-order valence-electron chi connectivity index (χ0n) is 18.5. The molecule has 0 bridgehead atoms. The number of aromatic amines is 1. The molecule has 12 heteroatoms. The van der Waals surface area contributed by atoms with Crippen molar-refractivity contribution in [1.29, 1.82) is 0 Å². The number of ether oxygens (including phenoxy) is 3. The summed E-state index contributed by atoms with van der Waals surface area (Å²) in [6.45, 7) is 5.68. The van der Waals surface area contributed by atoms with Crippen molar-refractivity contribution in [3.05, 3.63) is 18.5 Å². The van der Waals surface area contributed by atoms with E-state index in [1.54, 1.807) is 4.90 Å². The van der Waals surface area contributed by atoms with Gasteiger partial charge in [-0.2, -0.15) is 18.9 Å². The average Bonchev–Trinajstić information content (AvgIpc) is 3.02. The van der Waals surface area contributed by atoms with Gasteiger partial charge in [-0.1, -0.05) is 6.92 Å². The van der Waals surface area contributed by atoms with Crippen molar-refractivity contribution in [3.63, 3.8) is 0 Å². The van der Waals surface area contributed by atoms with E-state index in [0.29, 0.717) is 24.8 Å². The van der Waals surface area contributed by atoms with Crippen LogP contribution in [0.5, 0.6) is 11.8 Å². The van der Waals surface area contributed by atoms with Gasteiger partial charge >= 0.3 is 12.7 Å². The largest absolute Gasteiger partial charge is 0.473 e. The lowest BCUT2D eigenvalue weighted by Crippen LogP contribution is -2.40. The summed E-state index contributed by atoms with van der Waals surface area (Å²) in [4.78, 5) is 22.6. The van der Waals surface area contributed by atoms with Crippen molar-refractivity contribution in [1.82, 2.24) is 25.1 Å². The zero-order valence-corrected chi connectivity index (χ0v) is 18.5. The van der Waals surface area contributed by atoms with Crippen LogP contribution in [0.15, 0.2) is 18.5 Å². The molecule has 3 heterocycles. The molecule has 1 amide bonds. The molecule has 176 valence electrons. The number of anilines is 2. The van der Waals surface area contributed by atoms with Gasteiger partial charge in [-0.15, -0.1) is 0 Å². The van der Waals surface area contributed by atoms with E-state index < -0.39 is 12.2 Å². The third-order valence-electron chi connectivity index (χ3n) is 4.62. The highest BCUT2D eigenvalue weighted by Gasteiger charge is 2.30. The Kier molecular flexibility index (Phi) is 7.31. The predicted octanol–water partition coefficient (Wildman–Crippen LogP) is 3.96. The minimum atomic E-state index is -2.95. The number of hydrogen-bond donors (Lipinski definition) is 2. The molecule has 1 fully saturated rings. The van der Waals surface area contributed by atoms with Gasteiger partial charge in [-0.3, -0.25) is 4.98 Å². The molecule has 0 radical (unpaired) electrons. The van der Waals surface area contributed by atoms with Crippen LogP contribution < -0.4 is 14.8 Å². The van der Waals surface area contributed by atoms with Crippen molar-refractivity contribution in [3.8, 4) is 11.8 Å². The normalized spacial score (nSPS) is 19.4. The van der Waals surface area contributed by atoms with Crippen molar-refractivity contribution >= 4 is 17.7 Å². The Morgan fingerprint density at radius 3 is 2.81 bits per heavy atom. The molecule has 0 saturated carbocycles. The first-order chi connectivity index (χ1) is 15.1. The second kappa shape index (κ2) is 9.96. The Balaban J connectivity index is 1.60. The molecule has 1 aliphatic heterocycles. The number of aromatic nitrogens is 4. The fraction of sp³-hybridized carbons (Fsp3) is 0.600. The molecule has 32 heavy (non-hydrogen) atoms. The van der Waals surface area contributed by atoms with Crippen LogP contribution in [0.1, 0.15) is 40.5 Å². The Morgan fingerprint density at radius 2 is 2.09 bits per heavy atom. The summed E-state index contributed by atoms with van der Waals surface area (Å²) in [6, 6.07) is 1.28. The SMILES string of the molecule is C[C@@H]1CN(C(=O)OC(C)(C)C)CCC[C@H]1Oc1cncc(Nc2cc(OC(F)F)[nH]n2)n1. The summed E-state index contributed by atoms with van der Waals surface area (Å²) in [5, 5.41) is 9.03. The van der Waals surface area contributed by atoms with Crippen LogP contribution in [0.3, 0.4) is 0 Å². The first-order valence-corrected chi connectivity index (χ1v) is 10.3. The third-order valence-corrected chi connectivity index (χ3v) is 4.62. The zero-order chi connectivity index (χ0) is 23.3. The maximum absolute atomic E-state index is 12.4. The summed E-state index contributed by atoms with van der Waals surface area (Å²) in [5.74, 6) is 0.739. The maximum atomic E-state index is 12.4. The topological polar surface area (TPSA) is 114 Å². The average molecular weight is 454 g/mol. The number of amides is 1. The third kappa shape index (κ3) is 6.92. The second-order valence-electron chi connectivity index (χ2n) is 8.57. The van der Waals surface area contributed by atoms with Crippen LogP contribution in [0.4, 0.5) is 25.2 Å². The first kappa shape index (κ1) is 23.5. The number of nitrogens with one attached hydrogen (secondary N) is 2. The van der Waals surface area contributed by atoms with Gasteiger partial charge in [0.25, 0.3) is 0 Å². The summed E-state index contributed by atoms with van der Waals surface area (Å²) in [5.41, 5.74) is -0.549. The Hall–Kier alpha value is -3.18. The van der Waals surface area contributed by atoms with Gasteiger partial charge in [0.15, 0.2) is 11.6 Å². The van der Waals surface area contributed by atoms with Crippen molar-refractivity contribution in [2.45, 2.75) is 58.9 Å². The highest BCUT2D eigenvalue weighted by molar-refractivity contribution is 5.68. The maximum Gasteiger partial charge on any atom is 0.410 e. The lowest BCUT2D eigenvalue weighted by atomic mass is 10.0. The van der Waals surface area contributed by atoms with Gasteiger partial charge < -0.3 is 24.4 Å². The Morgan fingerprint density at radius 1 is 1.31 bits per heavy atom. The number of H-pyrrole nitrogens is 1. The quantitative estimate of drug-likeness (QED) is 0.674. The molecule has 0 aromatic carbocycles. The van der Waals surface area contributed by atoms with Crippen LogP contribution in [0, 0.1) is 5.92 Å². The van der Waals surface area contributed by atoms with Crippen molar-refractivity contribution in [2.75, 3.05) is 18.4 Å². The van der Waals surface area contributed by atoms with Gasteiger partial charge in [0.2, 0.25) is 11.8 Å². The summed E-state index contributed by atoms with van der Waals surface area (Å²) < 4.78 is 40.3. The van der Waals surface area contributed by atoms with Gasteiger partial charge in [0.1, 0.15) is 11.7 Å².